The lowest BCUT2D eigenvalue weighted by Gasteiger charge is -2.07. The van der Waals surface area contributed by atoms with Crippen molar-refractivity contribution in [3.8, 4) is 0 Å². The number of benzene rings is 1. The van der Waals surface area contributed by atoms with E-state index in [2.05, 4.69) is 15.3 Å². The number of fused-ring (bicyclic) bond motifs is 1. The van der Waals surface area contributed by atoms with Crippen LogP contribution >= 0.6 is 11.8 Å². The number of halogens is 3. The van der Waals surface area contributed by atoms with Gasteiger partial charge in [-0.25, -0.2) is 4.98 Å². The second-order valence-electron chi connectivity index (χ2n) is 5.05. The van der Waals surface area contributed by atoms with Crippen LogP contribution in [0.3, 0.4) is 0 Å². The summed E-state index contributed by atoms with van der Waals surface area (Å²) >= 11 is -0.245. The molecule has 2 heterocycles. The standard InChI is InChI=1S/C16H12F3N3OS/c17-16(18,19)24-12-2-4-14(21-9-12)22-15(23)8-10-1-3-13-11(7-10)5-6-20-13/h1-7,9,20H,8H2,(H,21,22,23). The number of amides is 1. The number of aromatic amines is 1. The number of thioether (sulfide) groups is 1. The van der Waals surface area contributed by atoms with Gasteiger partial charge in [0, 0.05) is 22.8 Å². The fourth-order valence-electron chi connectivity index (χ4n) is 2.23. The summed E-state index contributed by atoms with van der Waals surface area (Å²) < 4.78 is 36.7. The normalized spacial score (nSPS) is 11.6. The zero-order chi connectivity index (χ0) is 17.2. The molecule has 0 saturated carbocycles. The largest absolute Gasteiger partial charge is 0.446 e. The number of anilines is 1. The minimum absolute atomic E-state index is 0.0293. The molecule has 0 spiro atoms. The maximum Gasteiger partial charge on any atom is 0.446 e. The maximum absolute atomic E-state index is 12.2. The van der Waals surface area contributed by atoms with Gasteiger partial charge < -0.3 is 10.3 Å². The molecule has 2 N–H and O–H groups in total. The first-order valence-corrected chi connectivity index (χ1v) is 7.78. The van der Waals surface area contributed by atoms with Crippen molar-refractivity contribution in [3.05, 3.63) is 54.4 Å². The zero-order valence-corrected chi connectivity index (χ0v) is 13.0. The van der Waals surface area contributed by atoms with Crippen molar-refractivity contribution in [3.63, 3.8) is 0 Å². The first kappa shape index (κ1) is 16.4. The lowest BCUT2D eigenvalue weighted by atomic mass is 10.1. The molecule has 0 fully saturated rings. The molecule has 0 bridgehead atoms. The Labute approximate surface area is 139 Å². The van der Waals surface area contributed by atoms with Gasteiger partial charge in [0.15, 0.2) is 0 Å². The Morgan fingerprint density at radius 2 is 2.04 bits per heavy atom. The Bertz CT molecular complexity index is 859. The van der Waals surface area contributed by atoms with Crippen molar-refractivity contribution in [2.75, 3.05) is 5.32 Å². The van der Waals surface area contributed by atoms with Crippen molar-refractivity contribution in [1.82, 2.24) is 9.97 Å². The van der Waals surface area contributed by atoms with Crippen molar-refractivity contribution in [2.45, 2.75) is 16.8 Å². The van der Waals surface area contributed by atoms with E-state index in [1.807, 2.05) is 30.5 Å². The number of alkyl halides is 3. The van der Waals surface area contributed by atoms with Crippen LogP contribution in [0.4, 0.5) is 19.0 Å². The van der Waals surface area contributed by atoms with Gasteiger partial charge >= 0.3 is 5.51 Å². The van der Waals surface area contributed by atoms with Gasteiger partial charge in [0.1, 0.15) is 5.82 Å². The Morgan fingerprint density at radius 1 is 1.21 bits per heavy atom. The predicted octanol–water partition coefficient (Wildman–Crippen LogP) is 4.36. The summed E-state index contributed by atoms with van der Waals surface area (Å²) in [6.07, 6.45) is 3.06. The highest BCUT2D eigenvalue weighted by Crippen LogP contribution is 2.36. The van der Waals surface area contributed by atoms with Crippen LogP contribution in [0.2, 0.25) is 0 Å². The lowest BCUT2D eigenvalue weighted by molar-refractivity contribution is -0.115. The molecule has 0 atom stereocenters. The van der Waals surface area contributed by atoms with Crippen LogP contribution in [-0.4, -0.2) is 21.4 Å². The Kier molecular flexibility index (Phi) is 4.48. The van der Waals surface area contributed by atoms with Gasteiger partial charge in [-0.3, -0.25) is 4.79 Å². The summed E-state index contributed by atoms with van der Waals surface area (Å²) in [6.45, 7) is 0. The smallest absolute Gasteiger partial charge is 0.361 e. The Hall–Kier alpha value is -2.48. The summed E-state index contributed by atoms with van der Waals surface area (Å²) in [5.74, 6) is -0.0668. The van der Waals surface area contributed by atoms with Gasteiger partial charge in [-0.2, -0.15) is 13.2 Å². The molecule has 8 heteroatoms. The quantitative estimate of drug-likeness (QED) is 0.687. The second kappa shape index (κ2) is 6.56. The van der Waals surface area contributed by atoms with Crippen LogP contribution in [0.1, 0.15) is 5.56 Å². The van der Waals surface area contributed by atoms with Gasteiger partial charge in [0.05, 0.1) is 6.42 Å². The second-order valence-corrected chi connectivity index (χ2v) is 6.19. The SMILES string of the molecule is O=C(Cc1ccc2[nH]ccc2c1)Nc1ccc(SC(F)(F)F)cn1. The van der Waals surface area contributed by atoms with Gasteiger partial charge in [0.2, 0.25) is 5.91 Å². The molecule has 3 rings (SSSR count). The van der Waals surface area contributed by atoms with Crippen LogP contribution in [-0.2, 0) is 11.2 Å². The molecule has 1 aromatic carbocycles. The van der Waals surface area contributed by atoms with E-state index >= 15 is 0 Å². The number of carbonyl (C=O) groups is 1. The molecule has 0 unspecified atom stereocenters. The number of carbonyl (C=O) groups excluding carboxylic acids is 1. The molecule has 4 nitrogen and oxygen atoms in total. The molecule has 0 radical (unpaired) electrons. The molecule has 2 aromatic heterocycles. The van der Waals surface area contributed by atoms with E-state index in [9.17, 15) is 18.0 Å². The molecule has 0 aliphatic heterocycles. The van der Waals surface area contributed by atoms with Crippen molar-refractivity contribution < 1.29 is 18.0 Å². The highest BCUT2D eigenvalue weighted by Gasteiger charge is 2.29. The van der Waals surface area contributed by atoms with Gasteiger partial charge in [-0.05, 0) is 53.0 Å². The number of hydrogen-bond acceptors (Lipinski definition) is 3. The molecule has 0 saturated heterocycles. The summed E-state index contributed by atoms with van der Waals surface area (Å²) in [6, 6.07) is 10.2. The number of rotatable bonds is 4. The first-order chi connectivity index (χ1) is 11.4. The average Bonchev–Trinajstić information content (AvgIpc) is 2.95. The number of H-pyrrole nitrogens is 1. The number of hydrogen-bond donors (Lipinski definition) is 2. The van der Waals surface area contributed by atoms with E-state index in [-0.39, 0.29) is 34.8 Å². The van der Waals surface area contributed by atoms with Crippen LogP contribution in [0.5, 0.6) is 0 Å². The van der Waals surface area contributed by atoms with Crippen molar-refractivity contribution in [1.29, 1.82) is 0 Å². The zero-order valence-electron chi connectivity index (χ0n) is 12.2. The molecular formula is C16H12F3N3OS. The minimum atomic E-state index is -4.36. The first-order valence-electron chi connectivity index (χ1n) is 6.97. The van der Waals surface area contributed by atoms with Crippen LogP contribution < -0.4 is 5.32 Å². The summed E-state index contributed by atoms with van der Waals surface area (Å²) in [4.78, 5) is 18.9. The number of pyridine rings is 1. The van der Waals surface area contributed by atoms with Gasteiger partial charge in [0.25, 0.3) is 0 Å². The van der Waals surface area contributed by atoms with E-state index in [0.717, 1.165) is 22.7 Å². The van der Waals surface area contributed by atoms with E-state index in [4.69, 9.17) is 0 Å². The van der Waals surface area contributed by atoms with E-state index in [1.165, 1.54) is 12.1 Å². The molecular weight excluding hydrogens is 339 g/mol. The summed E-state index contributed by atoms with van der Waals surface area (Å²) in [5, 5.41) is 3.58. The van der Waals surface area contributed by atoms with Crippen LogP contribution in [0.25, 0.3) is 10.9 Å². The number of aromatic nitrogens is 2. The number of nitrogens with one attached hydrogen (secondary N) is 2. The average molecular weight is 351 g/mol. The fraction of sp³-hybridized carbons (Fsp3) is 0.125. The van der Waals surface area contributed by atoms with Crippen LogP contribution in [0.15, 0.2) is 53.7 Å². The minimum Gasteiger partial charge on any atom is -0.361 e. The van der Waals surface area contributed by atoms with Crippen LogP contribution in [0, 0.1) is 0 Å². The molecule has 0 aliphatic rings. The molecule has 0 aliphatic carbocycles. The van der Waals surface area contributed by atoms with Crippen molar-refractivity contribution in [2.24, 2.45) is 0 Å². The Morgan fingerprint density at radius 3 is 2.75 bits per heavy atom. The summed E-state index contributed by atoms with van der Waals surface area (Å²) in [5.41, 5.74) is -2.54. The third-order valence-electron chi connectivity index (χ3n) is 3.22. The predicted molar refractivity (Wildman–Crippen MR) is 86.8 cm³/mol. The van der Waals surface area contributed by atoms with E-state index in [0.29, 0.717) is 0 Å². The van der Waals surface area contributed by atoms with E-state index < -0.39 is 5.51 Å². The molecule has 3 aromatic rings. The van der Waals surface area contributed by atoms with E-state index in [1.54, 1.807) is 0 Å². The Balaban J connectivity index is 1.61. The highest BCUT2D eigenvalue weighted by molar-refractivity contribution is 8.00. The third kappa shape index (κ3) is 4.29. The fourth-order valence-corrected chi connectivity index (χ4v) is 2.74. The maximum atomic E-state index is 12.2. The monoisotopic (exact) mass is 351 g/mol. The van der Waals surface area contributed by atoms with Gasteiger partial charge in [-0.15, -0.1) is 0 Å². The number of nitrogens with zero attached hydrogens (tertiary/aromatic N) is 1. The highest BCUT2D eigenvalue weighted by atomic mass is 32.2. The molecule has 24 heavy (non-hydrogen) atoms. The van der Waals surface area contributed by atoms with Gasteiger partial charge in [-0.1, -0.05) is 6.07 Å². The lowest BCUT2D eigenvalue weighted by Crippen LogP contribution is -2.15. The topological polar surface area (TPSA) is 57.8 Å². The molecule has 1 amide bonds. The third-order valence-corrected chi connectivity index (χ3v) is 3.93. The molecule has 124 valence electrons. The summed E-state index contributed by atoms with van der Waals surface area (Å²) in [7, 11) is 0. The van der Waals surface area contributed by atoms with Crippen molar-refractivity contribution >= 4 is 34.4 Å².